The number of halogens is 1. The fourth-order valence-corrected chi connectivity index (χ4v) is 2.27. The first-order chi connectivity index (χ1) is 8.97. The number of aryl methyl sites for hydroxylation is 2. The van der Waals surface area contributed by atoms with Gasteiger partial charge in [0.05, 0.1) is 10.7 Å². The highest BCUT2D eigenvalue weighted by Gasteiger charge is 2.19. The minimum atomic E-state index is -0.339. The molecule has 0 aromatic heterocycles. The molecule has 0 unspecified atom stereocenters. The SMILES string of the molecule is Cc1cc(C)c(NC(=O)C2=NNC(=O)CC2)c(Cl)c1. The first kappa shape index (κ1) is 13.5. The van der Waals surface area contributed by atoms with Gasteiger partial charge in [0.15, 0.2) is 0 Å². The summed E-state index contributed by atoms with van der Waals surface area (Å²) in [5, 5.41) is 6.97. The second-order valence-corrected chi connectivity index (χ2v) is 4.89. The number of nitrogens with zero attached hydrogens (tertiary/aromatic N) is 1. The van der Waals surface area contributed by atoms with Gasteiger partial charge in [0.25, 0.3) is 5.91 Å². The van der Waals surface area contributed by atoms with E-state index in [0.717, 1.165) is 11.1 Å². The molecule has 1 aliphatic heterocycles. The molecule has 2 N–H and O–H groups in total. The van der Waals surface area contributed by atoms with Crippen LogP contribution in [0.15, 0.2) is 17.2 Å². The molecule has 0 saturated heterocycles. The molecule has 0 fully saturated rings. The molecule has 2 amide bonds. The zero-order valence-electron chi connectivity index (χ0n) is 10.7. The van der Waals surface area contributed by atoms with Crippen molar-refractivity contribution in [2.24, 2.45) is 5.10 Å². The Balaban J connectivity index is 2.18. The quantitative estimate of drug-likeness (QED) is 0.871. The fourth-order valence-electron chi connectivity index (χ4n) is 1.90. The van der Waals surface area contributed by atoms with Crippen LogP contribution in [0.25, 0.3) is 0 Å². The van der Waals surface area contributed by atoms with Crippen molar-refractivity contribution in [3.63, 3.8) is 0 Å². The second-order valence-electron chi connectivity index (χ2n) is 4.49. The van der Waals surface area contributed by atoms with E-state index in [-0.39, 0.29) is 18.2 Å². The van der Waals surface area contributed by atoms with Crippen LogP contribution < -0.4 is 10.7 Å². The summed E-state index contributed by atoms with van der Waals surface area (Å²) in [6.07, 6.45) is 0.604. The monoisotopic (exact) mass is 279 g/mol. The second kappa shape index (κ2) is 5.40. The first-order valence-corrected chi connectivity index (χ1v) is 6.28. The predicted octanol–water partition coefficient (Wildman–Crippen LogP) is 2.16. The Morgan fingerprint density at radius 2 is 2.11 bits per heavy atom. The van der Waals surface area contributed by atoms with Crippen molar-refractivity contribution in [3.05, 3.63) is 28.3 Å². The maximum atomic E-state index is 12.0. The number of amides is 2. The van der Waals surface area contributed by atoms with E-state index in [2.05, 4.69) is 15.8 Å². The van der Waals surface area contributed by atoms with Crippen LogP contribution in [0.1, 0.15) is 24.0 Å². The molecule has 1 heterocycles. The lowest BCUT2D eigenvalue weighted by atomic mass is 10.1. The number of hydrogen-bond donors (Lipinski definition) is 2. The van der Waals surface area contributed by atoms with Gasteiger partial charge in [-0.25, -0.2) is 5.43 Å². The van der Waals surface area contributed by atoms with Gasteiger partial charge >= 0.3 is 0 Å². The summed E-state index contributed by atoms with van der Waals surface area (Å²) < 4.78 is 0. The van der Waals surface area contributed by atoms with Gasteiger partial charge in [-0.3, -0.25) is 9.59 Å². The smallest absolute Gasteiger partial charge is 0.271 e. The van der Waals surface area contributed by atoms with Crippen molar-refractivity contribution in [3.8, 4) is 0 Å². The van der Waals surface area contributed by atoms with Crippen molar-refractivity contribution in [2.45, 2.75) is 26.7 Å². The third-order valence-corrected chi connectivity index (χ3v) is 3.13. The third kappa shape index (κ3) is 3.12. The van der Waals surface area contributed by atoms with Crippen molar-refractivity contribution < 1.29 is 9.59 Å². The maximum absolute atomic E-state index is 12.0. The van der Waals surface area contributed by atoms with Gasteiger partial charge in [0.1, 0.15) is 5.71 Å². The molecule has 1 aromatic carbocycles. The van der Waals surface area contributed by atoms with Crippen LogP contribution >= 0.6 is 11.6 Å². The molecule has 2 rings (SSSR count). The molecular weight excluding hydrogens is 266 g/mol. The van der Waals surface area contributed by atoms with E-state index in [1.807, 2.05) is 19.9 Å². The van der Waals surface area contributed by atoms with Gasteiger partial charge in [0, 0.05) is 12.8 Å². The molecule has 6 heteroatoms. The van der Waals surface area contributed by atoms with E-state index >= 15 is 0 Å². The summed E-state index contributed by atoms with van der Waals surface area (Å²) in [5.41, 5.74) is 5.09. The zero-order valence-corrected chi connectivity index (χ0v) is 11.5. The molecule has 0 spiro atoms. The van der Waals surface area contributed by atoms with Gasteiger partial charge in [-0.15, -0.1) is 0 Å². The Hall–Kier alpha value is -1.88. The highest BCUT2D eigenvalue weighted by Crippen LogP contribution is 2.27. The summed E-state index contributed by atoms with van der Waals surface area (Å²) in [4.78, 5) is 23.0. The lowest BCUT2D eigenvalue weighted by Gasteiger charge is -2.14. The lowest BCUT2D eigenvalue weighted by Crippen LogP contribution is -2.33. The van der Waals surface area contributed by atoms with E-state index in [0.29, 0.717) is 22.8 Å². The molecule has 1 aliphatic rings. The number of carbonyl (C=O) groups excluding carboxylic acids is 2. The van der Waals surface area contributed by atoms with Crippen LogP contribution in [0.2, 0.25) is 5.02 Å². The van der Waals surface area contributed by atoms with Gasteiger partial charge < -0.3 is 5.32 Å². The summed E-state index contributed by atoms with van der Waals surface area (Å²) in [6.45, 7) is 3.81. The molecule has 0 saturated carbocycles. The number of anilines is 1. The molecular formula is C13H14ClN3O2. The molecule has 5 nitrogen and oxygen atoms in total. The van der Waals surface area contributed by atoms with Crippen molar-refractivity contribution >= 4 is 34.8 Å². The number of nitrogens with one attached hydrogen (secondary N) is 2. The van der Waals surface area contributed by atoms with Crippen molar-refractivity contribution in [2.75, 3.05) is 5.32 Å². The third-order valence-electron chi connectivity index (χ3n) is 2.84. The molecule has 0 radical (unpaired) electrons. The van der Waals surface area contributed by atoms with Crippen LogP contribution in [0.4, 0.5) is 5.69 Å². The van der Waals surface area contributed by atoms with Crippen LogP contribution in [0, 0.1) is 13.8 Å². The lowest BCUT2D eigenvalue weighted by molar-refractivity contribution is -0.121. The molecule has 19 heavy (non-hydrogen) atoms. The molecule has 0 atom stereocenters. The average Bonchev–Trinajstić information content (AvgIpc) is 2.34. The van der Waals surface area contributed by atoms with Gasteiger partial charge in [-0.05, 0) is 31.0 Å². The highest BCUT2D eigenvalue weighted by molar-refractivity contribution is 6.44. The standard InChI is InChI=1S/C13H14ClN3O2/c1-7-5-8(2)12(9(14)6-7)15-13(19)10-3-4-11(18)17-16-10/h5-6H,3-4H2,1-2H3,(H,15,19)(H,17,18). The summed E-state index contributed by atoms with van der Waals surface area (Å²) in [7, 11) is 0. The van der Waals surface area contributed by atoms with E-state index in [4.69, 9.17) is 11.6 Å². The summed E-state index contributed by atoms with van der Waals surface area (Å²) >= 11 is 6.12. The van der Waals surface area contributed by atoms with Gasteiger partial charge in [-0.2, -0.15) is 5.10 Å². The maximum Gasteiger partial charge on any atom is 0.271 e. The van der Waals surface area contributed by atoms with Gasteiger partial charge in [-0.1, -0.05) is 17.7 Å². The Morgan fingerprint density at radius 1 is 1.37 bits per heavy atom. The number of hydrazone groups is 1. The van der Waals surface area contributed by atoms with Crippen LogP contribution in [0.5, 0.6) is 0 Å². The minimum absolute atomic E-state index is 0.180. The fraction of sp³-hybridized carbons (Fsp3) is 0.308. The van der Waals surface area contributed by atoms with E-state index in [1.165, 1.54) is 0 Å². The normalized spacial score (nSPS) is 14.7. The van der Waals surface area contributed by atoms with Crippen LogP contribution in [0.3, 0.4) is 0 Å². The van der Waals surface area contributed by atoms with Crippen molar-refractivity contribution in [1.82, 2.24) is 5.43 Å². The predicted molar refractivity (Wildman–Crippen MR) is 74.4 cm³/mol. The van der Waals surface area contributed by atoms with Crippen LogP contribution in [-0.4, -0.2) is 17.5 Å². The number of rotatable bonds is 2. The van der Waals surface area contributed by atoms with Crippen molar-refractivity contribution in [1.29, 1.82) is 0 Å². The largest absolute Gasteiger partial charge is 0.319 e. The Bertz CT molecular complexity index is 558. The number of hydrogen-bond acceptors (Lipinski definition) is 3. The number of benzene rings is 1. The molecule has 1 aromatic rings. The molecule has 0 aliphatic carbocycles. The Labute approximate surface area is 116 Å². The summed E-state index contributed by atoms with van der Waals surface area (Å²) in [5.74, 6) is -0.519. The molecule has 100 valence electrons. The Morgan fingerprint density at radius 3 is 2.68 bits per heavy atom. The minimum Gasteiger partial charge on any atom is -0.319 e. The average molecular weight is 280 g/mol. The van der Waals surface area contributed by atoms with E-state index in [1.54, 1.807) is 6.07 Å². The van der Waals surface area contributed by atoms with Crippen LogP contribution in [-0.2, 0) is 9.59 Å². The molecule has 0 bridgehead atoms. The zero-order chi connectivity index (χ0) is 14.0. The van der Waals surface area contributed by atoms with Gasteiger partial charge in [0.2, 0.25) is 5.91 Å². The summed E-state index contributed by atoms with van der Waals surface area (Å²) in [6, 6.07) is 3.72. The van der Waals surface area contributed by atoms with E-state index in [9.17, 15) is 9.59 Å². The number of carbonyl (C=O) groups is 2. The first-order valence-electron chi connectivity index (χ1n) is 5.91. The topological polar surface area (TPSA) is 70.6 Å². The van der Waals surface area contributed by atoms with E-state index < -0.39 is 0 Å². The highest BCUT2D eigenvalue weighted by atomic mass is 35.5. The Kier molecular flexibility index (Phi) is 3.85.